The van der Waals surface area contributed by atoms with E-state index in [9.17, 15) is 20.6 Å². The molecular formula is C15H12N5O3+. The number of hydrogen-bond donors (Lipinski definition) is 1. The third-order valence-corrected chi connectivity index (χ3v) is 3.10. The minimum atomic E-state index is -0.552. The second-order valence-corrected chi connectivity index (χ2v) is 4.46. The second-order valence-electron chi connectivity index (χ2n) is 4.46. The predicted molar refractivity (Wildman–Crippen MR) is 80.1 cm³/mol. The average Bonchev–Trinajstić information content (AvgIpc) is 2.54. The normalized spacial score (nSPS) is 9.70. The van der Waals surface area contributed by atoms with Crippen molar-refractivity contribution in [3.05, 3.63) is 45.5 Å². The van der Waals surface area contributed by atoms with Gasteiger partial charge in [-0.25, -0.2) is 4.98 Å². The van der Waals surface area contributed by atoms with Gasteiger partial charge in [-0.2, -0.15) is 10.5 Å². The van der Waals surface area contributed by atoms with Gasteiger partial charge in [-0.05, 0) is 12.5 Å². The van der Waals surface area contributed by atoms with Gasteiger partial charge in [0.25, 0.3) is 11.5 Å². The molecule has 1 aromatic heterocycles. The van der Waals surface area contributed by atoms with Crippen molar-refractivity contribution < 1.29 is 14.6 Å². The highest BCUT2D eigenvalue weighted by Gasteiger charge is 2.25. The summed E-state index contributed by atoms with van der Waals surface area (Å²) < 4.78 is 5.35. The van der Waals surface area contributed by atoms with Gasteiger partial charge in [0.15, 0.2) is 5.56 Å². The molecule has 114 valence electrons. The fourth-order valence-electron chi connectivity index (χ4n) is 2.16. The van der Waals surface area contributed by atoms with E-state index in [2.05, 4.69) is 4.98 Å². The Morgan fingerprint density at radius 2 is 2.04 bits per heavy atom. The van der Waals surface area contributed by atoms with E-state index in [0.29, 0.717) is 5.56 Å². The molecule has 3 N–H and O–H groups in total. The van der Waals surface area contributed by atoms with Crippen molar-refractivity contribution in [3.8, 4) is 29.1 Å². The number of nitrogens with two attached hydrogens (primary N) is 1. The molecule has 0 unspecified atom stereocenters. The summed E-state index contributed by atoms with van der Waals surface area (Å²) in [6.45, 7) is 2.02. The summed E-state index contributed by atoms with van der Waals surface area (Å²) in [6, 6.07) is 9.54. The summed E-state index contributed by atoms with van der Waals surface area (Å²) in [7, 11) is 0. The molecule has 8 nitrogen and oxygen atoms in total. The Labute approximate surface area is 131 Å². The van der Waals surface area contributed by atoms with Crippen LogP contribution in [-0.2, 0) is 0 Å². The molecule has 8 heteroatoms. The van der Waals surface area contributed by atoms with E-state index in [1.807, 2.05) is 12.1 Å². The highest BCUT2D eigenvalue weighted by atomic mass is 16.6. The first-order valence-corrected chi connectivity index (χ1v) is 6.60. The third-order valence-electron chi connectivity index (χ3n) is 3.10. The quantitative estimate of drug-likeness (QED) is 0.674. The van der Waals surface area contributed by atoms with E-state index in [4.69, 9.17) is 10.5 Å². The molecule has 0 aliphatic rings. The molecule has 2 aromatic rings. The number of benzene rings is 1. The monoisotopic (exact) mass is 310 g/mol. The molecule has 0 amide bonds. The first-order chi connectivity index (χ1) is 11.0. The molecule has 1 heterocycles. The number of aromatic amines is 1. The minimum absolute atomic E-state index is 0.0245. The molecule has 0 bridgehead atoms. The van der Waals surface area contributed by atoms with Crippen LogP contribution < -0.4 is 15.5 Å². The number of nitrogens with zero attached hydrogens (tertiary/aromatic N) is 3. The SMILES string of the molecule is CCOc1[nH+]c(N)c(C#N)c(-c2cccc([N+](=O)[O-])c2)c1C#N. The lowest BCUT2D eigenvalue weighted by Crippen LogP contribution is -2.19. The standard InChI is InChI=1S/C15H11N5O3/c1-2-23-15-12(8-17)13(11(7-16)14(18)19-15)9-4-3-5-10(6-9)20(21)22/h3-6H,2H2,1H3,(H2,18,19)/p+1. The lowest BCUT2D eigenvalue weighted by Gasteiger charge is -2.10. The zero-order valence-corrected chi connectivity index (χ0v) is 12.2. The van der Waals surface area contributed by atoms with Crippen molar-refractivity contribution >= 4 is 11.5 Å². The van der Waals surface area contributed by atoms with Gasteiger partial charge in [-0.1, -0.05) is 12.1 Å². The Morgan fingerprint density at radius 1 is 1.35 bits per heavy atom. The molecule has 0 radical (unpaired) electrons. The molecule has 0 saturated heterocycles. The molecule has 0 aliphatic carbocycles. The van der Waals surface area contributed by atoms with Crippen LogP contribution in [0.15, 0.2) is 24.3 Å². The van der Waals surface area contributed by atoms with Crippen molar-refractivity contribution in [2.75, 3.05) is 12.3 Å². The zero-order chi connectivity index (χ0) is 17.0. The molecule has 0 aliphatic heterocycles. The Hall–Kier alpha value is -3.65. The molecule has 2 rings (SSSR count). The lowest BCUT2D eigenvalue weighted by molar-refractivity contribution is -0.384. The van der Waals surface area contributed by atoms with Crippen LogP contribution in [0.25, 0.3) is 11.1 Å². The highest BCUT2D eigenvalue weighted by molar-refractivity contribution is 5.81. The number of nitrogen functional groups attached to an aromatic ring is 1. The molecule has 0 fully saturated rings. The van der Waals surface area contributed by atoms with Crippen molar-refractivity contribution in [2.45, 2.75) is 6.92 Å². The maximum atomic E-state index is 10.9. The Kier molecular flexibility index (Phi) is 4.39. The van der Waals surface area contributed by atoms with Crippen molar-refractivity contribution in [1.29, 1.82) is 10.5 Å². The van der Waals surface area contributed by atoms with Crippen LogP contribution in [0.3, 0.4) is 0 Å². The van der Waals surface area contributed by atoms with Gasteiger partial charge < -0.3 is 4.74 Å². The number of nitrogens with one attached hydrogen (secondary N) is 1. The fraction of sp³-hybridized carbons (Fsp3) is 0.133. The topological polar surface area (TPSA) is 140 Å². The lowest BCUT2D eigenvalue weighted by atomic mass is 9.96. The molecular weight excluding hydrogens is 298 g/mol. The van der Waals surface area contributed by atoms with Gasteiger partial charge in [-0.15, -0.1) is 0 Å². The fourth-order valence-corrected chi connectivity index (χ4v) is 2.16. The van der Waals surface area contributed by atoms with Gasteiger partial charge in [0.05, 0.1) is 11.5 Å². The maximum absolute atomic E-state index is 10.9. The maximum Gasteiger partial charge on any atom is 0.301 e. The molecule has 0 spiro atoms. The van der Waals surface area contributed by atoms with Crippen LogP contribution in [0.4, 0.5) is 11.5 Å². The van der Waals surface area contributed by atoms with E-state index >= 15 is 0 Å². The Bertz CT molecular complexity index is 865. The number of ether oxygens (including phenoxy) is 1. The Morgan fingerprint density at radius 3 is 2.61 bits per heavy atom. The zero-order valence-electron chi connectivity index (χ0n) is 12.2. The van der Waals surface area contributed by atoms with Crippen molar-refractivity contribution in [3.63, 3.8) is 0 Å². The number of anilines is 1. The summed E-state index contributed by atoms with van der Waals surface area (Å²) in [6.07, 6.45) is 0. The van der Waals surface area contributed by atoms with Gasteiger partial charge in [0.1, 0.15) is 17.7 Å². The molecule has 0 atom stereocenters. The number of aromatic nitrogens is 1. The van der Waals surface area contributed by atoms with Gasteiger partial charge in [-0.3, -0.25) is 15.8 Å². The molecule has 23 heavy (non-hydrogen) atoms. The molecule has 1 aromatic carbocycles. The predicted octanol–water partition coefficient (Wildman–Crippen LogP) is 1.80. The van der Waals surface area contributed by atoms with Crippen LogP contribution in [0.2, 0.25) is 0 Å². The summed E-state index contributed by atoms with van der Waals surface area (Å²) in [4.78, 5) is 13.1. The first kappa shape index (κ1) is 15.7. The number of pyridine rings is 1. The van der Waals surface area contributed by atoms with Gasteiger partial charge in [0, 0.05) is 17.7 Å². The van der Waals surface area contributed by atoms with Crippen molar-refractivity contribution in [1.82, 2.24) is 0 Å². The Balaban J connectivity index is 2.84. The summed E-state index contributed by atoms with van der Waals surface area (Å²) in [5, 5.41) is 29.7. The minimum Gasteiger partial charge on any atom is -0.462 e. The van der Waals surface area contributed by atoms with Crippen LogP contribution >= 0.6 is 0 Å². The number of hydrogen-bond acceptors (Lipinski definition) is 6. The van der Waals surface area contributed by atoms with E-state index < -0.39 is 4.92 Å². The number of rotatable bonds is 4. The van der Waals surface area contributed by atoms with Crippen LogP contribution in [0, 0.1) is 32.8 Å². The van der Waals surface area contributed by atoms with Crippen LogP contribution in [0.5, 0.6) is 5.88 Å². The second kappa shape index (κ2) is 6.41. The summed E-state index contributed by atoms with van der Waals surface area (Å²) >= 11 is 0. The number of non-ortho nitro benzene ring substituents is 1. The van der Waals surface area contributed by atoms with E-state index in [0.717, 1.165) is 0 Å². The number of nitro groups is 1. The summed E-state index contributed by atoms with van der Waals surface area (Å²) in [5.41, 5.74) is 6.32. The number of nitro benzene ring substituents is 1. The van der Waals surface area contributed by atoms with Crippen LogP contribution in [0.1, 0.15) is 18.1 Å². The van der Waals surface area contributed by atoms with Gasteiger partial charge in [0.2, 0.25) is 0 Å². The van der Waals surface area contributed by atoms with E-state index in [-0.39, 0.29) is 40.7 Å². The van der Waals surface area contributed by atoms with Gasteiger partial charge >= 0.3 is 5.88 Å². The van der Waals surface area contributed by atoms with E-state index in [1.165, 1.54) is 18.2 Å². The molecule has 0 saturated carbocycles. The number of H-pyrrole nitrogens is 1. The largest absolute Gasteiger partial charge is 0.462 e. The highest BCUT2D eigenvalue weighted by Crippen LogP contribution is 2.34. The van der Waals surface area contributed by atoms with Crippen molar-refractivity contribution in [2.24, 2.45) is 0 Å². The first-order valence-electron chi connectivity index (χ1n) is 6.60. The number of nitriles is 2. The summed E-state index contributed by atoms with van der Waals surface area (Å²) in [5.74, 6) is 0.143. The van der Waals surface area contributed by atoms with E-state index in [1.54, 1.807) is 13.0 Å². The smallest absolute Gasteiger partial charge is 0.301 e. The third kappa shape index (κ3) is 2.87. The average molecular weight is 310 g/mol. The van der Waals surface area contributed by atoms with Crippen LogP contribution in [-0.4, -0.2) is 11.5 Å².